The van der Waals surface area contributed by atoms with E-state index < -0.39 is 0 Å². The second-order valence-corrected chi connectivity index (χ2v) is 7.07. The minimum absolute atomic E-state index is 0.219. The second-order valence-electron chi connectivity index (χ2n) is 6.21. The third kappa shape index (κ3) is 4.27. The van der Waals surface area contributed by atoms with E-state index in [-0.39, 0.29) is 11.8 Å². The predicted molar refractivity (Wildman–Crippen MR) is 94.5 cm³/mol. The Balaban J connectivity index is 1.76. The van der Waals surface area contributed by atoms with Gasteiger partial charge in [0.1, 0.15) is 11.6 Å². The molecular formula is C16H22N6OS. The fraction of sp³-hybridized carbons (Fsp3) is 0.500. The van der Waals surface area contributed by atoms with Crippen LogP contribution in [-0.4, -0.2) is 45.4 Å². The van der Waals surface area contributed by atoms with Gasteiger partial charge in [-0.05, 0) is 33.2 Å². The van der Waals surface area contributed by atoms with Crippen molar-refractivity contribution in [1.82, 2.24) is 19.9 Å². The first kappa shape index (κ1) is 16.8. The average Bonchev–Trinajstić information content (AvgIpc) is 2.91. The number of carbonyl (C=O) groups excluding carboxylic acids is 1. The summed E-state index contributed by atoms with van der Waals surface area (Å²) in [5.41, 5.74) is 7.22. The fourth-order valence-corrected chi connectivity index (χ4v) is 3.68. The summed E-state index contributed by atoms with van der Waals surface area (Å²) in [6.45, 7) is 5.89. The summed E-state index contributed by atoms with van der Waals surface area (Å²) in [4.78, 5) is 26.9. The highest BCUT2D eigenvalue weighted by molar-refractivity contribution is 7.13. The zero-order valence-electron chi connectivity index (χ0n) is 14.0. The Bertz CT molecular complexity index is 731. The van der Waals surface area contributed by atoms with Crippen molar-refractivity contribution in [3.63, 3.8) is 0 Å². The van der Waals surface area contributed by atoms with Gasteiger partial charge in [0.15, 0.2) is 5.13 Å². The summed E-state index contributed by atoms with van der Waals surface area (Å²) >= 11 is 1.56. The van der Waals surface area contributed by atoms with Crippen molar-refractivity contribution in [3.05, 3.63) is 28.7 Å². The molecule has 0 saturated carbocycles. The van der Waals surface area contributed by atoms with E-state index in [9.17, 15) is 4.79 Å². The number of amides is 1. The molecule has 2 aromatic rings. The Morgan fingerprint density at radius 3 is 2.92 bits per heavy atom. The lowest BCUT2D eigenvalue weighted by Crippen LogP contribution is -2.40. The molecule has 1 fully saturated rings. The lowest BCUT2D eigenvalue weighted by atomic mass is 9.97. The number of thiazole rings is 1. The molecule has 3 heterocycles. The number of carbonyl (C=O) groups is 1. The third-order valence-electron chi connectivity index (χ3n) is 3.98. The highest BCUT2D eigenvalue weighted by Gasteiger charge is 2.24. The van der Waals surface area contributed by atoms with Crippen LogP contribution in [0.1, 0.15) is 36.0 Å². The van der Waals surface area contributed by atoms with Gasteiger partial charge in [-0.3, -0.25) is 9.69 Å². The summed E-state index contributed by atoms with van der Waals surface area (Å²) in [7, 11) is 0. The normalized spacial score (nSPS) is 18.5. The molecule has 2 aromatic heterocycles. The van der Waals surface area contributed by atoms with Gasteiger partial charge in [-0.2, -0.15) is 0 Å². The number of hydrogen-bond donors (Lipinski definition) is 2. The van der Waals surface area contributed by atoms with E-state index in [2.05, 4.69) is 25.2 Å². The number of nitrogens with two attached hydrogens (primary N) is 1. The van der Waals surface area contributed by atoms with E-state index in [0.717, 1.165) is 54.1 Å². The van der Waals surface area contributed by atoms with Gasteiger partial charge < -0.3 is 11.1 Å². The van der Waals surface area contributed by atoms with Gasteiger partial charge in [-0.1, -0.05) is 0 Å². The molecule has 1 amide bonds. The highest BCUT2D eigenvalue weighted by Crippen LogP contribution is 2.26. The first-order valence-corrected chi connectivity index (χ1v) is 8.93. The lowest BCUT2D eigenvalue weighted by Gasteiger charge is -2.31. The minimum atomic E-state index is -0.290. The van der Waals surface area contributed by atoms with Crippen LogP contribution in [0.5, 0.6) is 0 Å². The largest absolute Gasteiger partial charge is 0.369 e. The molecule has 0 bridgehead atoms. The first-order valence-electron chi connectivity index (χ1n) is 8.05. The molecule has 1 saturated heterocycles. The number of nitrogens with one attached hydrogen (secondary N) is 1. The Kier molecular flexibility index (Phi) is 5.06. The molecule has 8 heteroatoms. The van der Waals surface area contributed by atoms with Crippen LogP contribution in [0, 0.1) is 13.8 Å². The molecule has 0 spiro atoms. The Morgan fingerprint density at radius 2 is 2.21 bits per heavy atom. The van der Waals surface area contributed by atoms with Crippen molar-refractivity contribution in [3.8, 4) is 0 Å². The molecule has 1 aliphatic heterocycles. The number of aromatic nitrogens is 3. The predicted octanol–water partition coefficient (Wildman–Crippen LogP) is 1.96. The first-order chi connectivity index (χ1) is 11.5. The molecule has 0 radical (unpaired) electrons. The molecule has 128 valence electrons. The molecular weight excluding hydrogens is 324 g/mol. The van der Waals surface area contributed by atoms with Gasteiger partial charge in [0.2, 0.25) is 5.91 Å². The zero-order valence-corrected chi connectivity index (χ0v) is 14.8. The maximum Gasteiger partial charge on any atom is 0.231 e. The number of likely N-dealkylation sites (tertiary alicyclic amines) is 1. The van der Waals surface area contributed by atoms with Gasteiger partial charge >= 0.3 is 0 Å². The molecule has 0 aliphatic carbocycles. The Labute approximate surface area is 145 Å². The molecule has 1 aliphatic rings. The van der Waals surface area contributed by atoms with Crippen LogP contribution >= 0.6 is 11.3 Å². The number of piperidine rings is 1. The summed E-state index contributed by atoms with van der Waals surface area (Å²) < 4.78 is 0. The average molecular weight is 346 g/mol. The number of nitrogens with zero attached hydrogens (tertiary/aromatic N) is 4. The monoisotopic (exact) mass is 346 g/mol. The van der Waals surface area contributed by atoms with E-state index >= 15 is 0 Å². The van der Waals surface area contributed by atoms with Crippen LogP contribution in [0.2, 0.25) is 0 Å². The molecule has 1 unspecified atom stereocenters. The van der Waals surface area contributed by atoms with E-state index in [1.54, 1.807) is 11.3 Å². The summed E-state index contributed by atoms with van der Waals surface area (Å²) in [6.07, 6.45) is 2.04. The van der Waals surface area contributed by atoms with Crippen LogP contribution in [0.25, 0.3) is 0 Å². The smallest absolute Gasteiger partial charge is 0.231 e. The molecule has 7 nitrogen and oxygen atoms in total. The van der Waals surface area contributed by atoms with E-state index in [4.69, 9.17) is 5.73 Å². The zero-order chi connectivity index (χ0) is 17.1. The van der Waals surface area contributed by atoms with Crippen LogP contribution in [-0.2, 0) is 4.79 Å². The van der Waals surface area contributed by atoms with Gasteiger partial charge in [-0.25, -0.2) is 15.0 Å². The topological polar surface area (TPSA) is 97.0 Å². The molecule has 3 N–H and O–H groups in total. The van der Waals surface area contributed by atoms with Gasteiger partial charge in [0.25, 0.3) is 0 Å². The second kappa shape index (κ2) is 7.23. The van der Waals surface area contributed by atoms with Crippen molar-refractivity contribution in [2.24, 2.45) is 5.73 Å². The van der Waals surface area contributed by atoms with Crippen molar-refractivity contribution in [2.75, 3.05) is 25.0 Å². The molecule has 24 heavy (non-hydrogen) atoms. The summed E-state index contributed by atoms with van der Waals surface area (Å²) in [5, 5.41) is 6.09. The van der Waals surface area contributed by atoms with Crippen LogP contribution < -0.4 is 11.1 Å². The van der Waals surface area contributed by atoms with Crippen LogP contribution in [0.3, 0.4) is 0 Å². The van der Waals surface area contributed by atoms with E-state index in [1.165, 1.54) is 0 Å². The third-order valence-corrected chi connectivity index (χ3v) is 4.85. The van der Waals surface area contributed by atoms with E-state index in [1.807, 2.05) is 25.3 Å². The fourth-order valence-electron chi connectivity index (χ4n) is 2.99. The maximum atomic E-state index is 11.2. The van der Waals surface area contributed by atoms with Crippen molar-refractivity contribution in [2.45, 2.75) is 32.6 Å². The van der Waals surface area contributed by atoms with Crippen molar-refractivity contribution in [1.29, 1.82) is 0 Å². The maximum absolute atomic E-state index is 11.2. The molecule has 1 atom stereocenters. The number of anilines is 2. The quantitative estimate of drug-likeness (QED) is 0.859. The van der Waals surface area contributed by atoms with Crippen LogP contribution in [0.15, 0.2) is 11.4 Å². The molecule has 0 aromatic carbocycles. The molecule has 3 rings (SSSR count). The van der Waals surface area contributed by atoms with Crippen LogP contribution in [0.4, 0.5) is 10.9 Å². The Hall–Kier alpha value is -2.06. The minimum Gasteiger partial charge on any atom is -0.369 e. The van der Waals surface area contributed by atoms with Gasteiger partial charge in [0, 0.05) is 29.6 Å². The number of primary amides is 1. The van der Waals surface area contributed by atoms with Gasteiger partial charge in [-0.15, -0.1) is 11.3 Å². The van der Waals surface area contributed by atoms with Crippen molar-refractivity contribution >= 4 is 28.2 Å². The van der Waals surface area contributed by atoms with Crippen molar-refractivity contribution < 1.29 is 4.79 Å². The SMILES string of the molecule is Cc1cc(Nc2nc(C)cs2)nc(C2CCCN(CC(N)=O)C2)n1. The highest BCUT2D eigenvalue weighted by atomic mass is 32.1. The Morgan fingerprint density at radius 1 is 1.38 bits per heavy atom. The standard InChI is InChI=1S/C16H22N6OS/c1-10-6-14(21-16-19-11(2)9-24-16)20-15(18-10)12-4-3-5-22(7-12)8-13(17)23/h6,9,12H,3-5,7-8H2,1-2H3,(H2,17,23)(H,18,19,20,21). The number of hydrogen-bond acceptors (Lipinski definition) is 7. The van der Waals surface area contributed by atoms with Gasteiger partial charge in [0.05, 0.1) is 12.2 Å². The summed E-state index contributed by atoms with van der Waals surface area (Å²) in [6, 6.07) is 1.92. The number of rotatable bonds is 5. The van der Waals surface area contributed by atoms with E-state index in [0.29, 0.717) is 6.54 Å². The lowest BCUT2D eigenvalue weighted by molar-refractivity contribution is -0.119. The number of aryl methyl sites for hydroxylation is 2. The summed E-state index contributed by atoms with van der Waals surface area (Å²) in [5.74, 6) is 1.51.